The van der Waals surface area contributed by atoms with Crippen molar-refractivity contribution in [2.75, 3.05) is 26.4 Å². The summed E-state index contributed by atoms with van der Waals surface area (Å²) >= 11 is 0. The van der Waals surface area contributed by atoms with Crippen molar-refractivity contribution < 1.29 is 14.3 Å². The second-order valence-electron chi connectivity index (χ2n) is 6.63. The van der Waals surface area contributed by atoms with Crippen LogP contribution in [0.3, 0.4) is 0 Å². The standard InChI is InChI=1S/C17H22N2O3/c20-17(7-13-3-1-2-6-18-13)19-8-16(22-9-12-4-5-12)14-10-21-11-15(14)19/h1-3,6,12,14-16H,4-5,7-11H2/t14-,15+,16-/m1/s1. The number of amides is 1. The van der Waals surface area contributed by atoms with Crippen molar-refractivity contribution >= 4 is 5.91 Å². The fourth-order valence-corrected chi connectivity index (χ4v) is 3.47. The summed E-state index contributed by atoms with van der Waals surface area (Å²) in [6.45, 7) is 2.91. The maximum Gasteiger partial charge on any atom is 0.229 e. The van der Waals surface area contributed by atoms with Gasteiger partial charge in [0.05, 0.1) is 31.8 Å². The van der Waals surface area contributed by atoms with E-state index in [1.54, 1.807) is 6.20 Å². The van der Waals surface area contributed by atoms with Gasteiger partial charge < -0.3 is 14.4 Å². The zero-order chi connectivity index (χ0) is 14.9. The number of hydrogen-bond acceptors (Lipinski definition) is 4. The number of pyridine rings is 1. The molecule has 1 aliphatic carbocycles. The first-order chi connectivity index (χ1) is 10.8. The number of nitrogens with zero attached hydrogens (tertiary/aromatic N) is 2. The molecule has 0 unspecified atom stereocenters. The van der Waals surface area contributed by atoms with Crippen LogP contribution in [0.5, 0.6) is 0 Å². The third-order valence-electron chi connectivity index (χ3n) is 4.97. The summed E-state index contributed by atoms with van der Waals surface area (Å²) in [6, 6.07) is 5.87. The molecule has 3 atom stereocenters. The first-order valence-corrected chi connectivity index (χ1v) is 8.20. The molecule has 2 aliphatic heterocycles. The van der Waals surface area contributed by atoms with E-state index in [9.17, 15) is 4.79 Å². The Kier molecular flexibility index (Phi) is 3.84. The average Bonchev–Trinajstić information content (AvgIpc) is 3.11. The first-order valence-electron chi connectivity index (χ1n) is 8.20. The van der Waals surface area contributed by atoms with Gasteiger partial charge in [0.1, 0.15) is 0 Å². The van der Waals surface area contributed by atoms with Crippen LogP contribution in [0.25, 0.3) is 0 Å². The average molecular weight is 302 g/mol. The number of rotatable bonds is 5. The summed E-state index contributed by atoms with van der Waals surface area (Å²) < 4.78 is 11.7. The molecule has 0 N–H and O–H groups in total. The molecule has 118 valence electrons. The maximum atomic E-state index is 12.6. The molecular formula is C17H22N2O3. The van der Waals surface area contributed by atoms with E-state index in [0.717, 1.165) is 18.2 Å². The molecule has 1 aromatic rings. The summed E-state index contributed by atoms with van der Waals surface area (Å²) in [5.74, 6) is 1.22. The highest BCUT2D eigenvalue weighted by atomic mass is 16.5. The van der Waals surface area contributed by atoms with E-state index in [-0.39, 0.29) is 18.1 Å². The molecule has 1 amide bonds. The Hall–Kier alpha value is -1.46. The molecular weight excluding hydrogens is 280 g/mol. The molecule has 1 aromatic heterocycles. The Labute approximate surface area is 130 Å². The van der Waals surface area contributed by atoms with Crippen molar-refractivity contribution in [3.05, 3.63) is 30.1 Å². The molecule has 1 saturated carbocycles. The Balaban J connectivity index is 1.41. The van der Waals surface area contributed by atoms with Gasteiger partial charge in [-0.3, -0.25) is 9.78 Å². The van der Waals surface area contributed by atoms with Crippen LogP contribution in [0.4, 0.5) is 0 Å². The number of carbonyl (C=O) groups excluding carboxylic acids is 1. The molecule has 0 spiro atoms. The smallest absolute Gasteiger partial charge is 0.229 e. The summed E-state index contributed by atoms with van der Waals surface area (Å²) in [5, 5.41) is 0. The van der Waals surface area contributed by atoms with E-state index in [0.29, 0.717) is 32.1 Å². The monoisotopic (exact) mass is 302 g/mol. The van der Waals surface area contributed by atoms with Gasteiger partial charge in [0.2, 0.25) is 5.91 Å². The minimum atomic E-state index is 0.136. The van der Waals surface area contributed by atoms with Crippen molar-refractivity contribution in [1.82, 2.24) is 9.88 Å². The number of carbonyl (C=O) groups is 1. The lowest BCUT2D eigenvalue weighted by molar-refractivity contribution is -0.132. The highest BCUT2D eigenvalue weighted by Gasteiger charge is 2.48. The number of fused-ring (bicyclic) bond motifs is 1. The Morgan fingerprint density at radius 1 is 1.36 bits per heavy atom. The largest absolute Gasteiger partial charge is 0.379 e. The zero-order valence-electron chi connectivity index (χ0n) is 12.7. The van der Waals surface area contributed by atoms with Gasteiger partial charge in [-0.1, -0.05) is 6.07 Å². The molecule has 4 rings (SSSR count). The zero-order valence-corrected chi connectivity index (χ0v) is 12.7. The highest BCUT2D eigenvalue weighted by Crippen LogP contribution is 2.35. The summed E-state index contributed by atoms with van der Waals surface area (Å²) in [6.07, 6.45) is 4.81. The van der Waals surface area contributed by atoms with E-state index in [1.165, 1.54) is 12.8 Å². The predicted molar refractivity (Wildman–Crippen MR) is 80.2 cm³/mol. The first kappa shape index (κ1) is 14.2. The van der Waals surface area contributed by atoms with Crippen LogP contribution in [0.15, 0.2) is 24.4 Å². The molecule has 0 aromatic carbocycles. The fourth-order valence-electron chi connectivity index (χ4n) is 3.47. The molecule has 3 fully saturated rings. The normalized spacial score (nSPS) is 30.5. The third kappa shape index (κ3) is 2.88. The van der Waals surface area contributed by atoms with Crippen LogP contribution in [0, 0.1) is 11.8 Å². The Morgan fingerprint density at radius 3 is 3.05 bits per heavy atom. The lowest BCUT2D eigenvalue weighted by Gasteiger charge is -2.22. The lowest BCUT2D eigenvalue weighted by Crippen LogP contribution is -2.39. The van der Waals surface area contributed by atoms with Crippen LogP contribution < -0.4 is 0 Å². The number of hydrogen-bond donors (Lipinski definition) is 0. The van der Waals surface area contributed by atoms with Gasteiger partial charge >= 0.3 is 0 Å². The molecule has 2 saturated heterocycles. The van der Waals surface area contributed by atoms with E-state index in [1.807, 2.05) is 23.1 Å². The molecule has 3 aliphatic rings. The number of likely N-dealkylation sites (tertiary alicyclic amines) is 1. The van der Waals surface area contributed by atoms with Gasteiger partial charge in [0.25, 0.3) is 0 Å². The van der Waals surface area contributed by atoms with Crippen molar-refractivity contribution in [2.45, 2.75) is 31.4 Å². The molecule has 3 heterocycles. The predicted octanol–water partition coefficient (Wildman–Crippen LogP) is 1.28. The SMILES string of the molecule is O=C(Cc1ccccn1)N1C[C@@H](OCC2CC2)[C@@H]2COC[C@@H]21. The molecule has 0 radical (unpaired) electrons. The summed E-state index contributed by atoms with van der Waals surface area (Å²) in [5.41, 5.74) is 0.824. The Bertz CT molecular complexity index is 532. The van der Waals surface area contributed by atoms with Gasteiger partial charge in [-0.15, -0.1) is 0 Å². The second kappa shape index (κ2) is 5.97. The van der Waals surface area contributed by atoms with Gasteiger partial charge in [0, 0.05) is 31.0 Å². The Morgan fingerprint density at radius 2 is 2.27 bits per heavy atom. The van der Waals surface area contributed by atoms with E-state index in [2.05, 4.69) is 4.98 Å². The molecule has 0 bridgehead atoms. The van der Waals surface area contributed by atoms with Gasteiger partial charge in [0.15, 0.2) is 0 Å². The highest BCUT2D eigenvalue weighted by molar-refractivity contribution is 5.79. The summed E-state index contributed by atoms with van der Waals surface area (Å²) in [7, 11) is 0. The number of aromatic nitrogens is 1. The van der Waals surface area contributed by atoms with Gasteiger partial charge in [-0.05, 0) is 30.9 Å². The lowest BCUT2D eigenvalue weighted by atomic mass is 10.0. The number of ether oxygens (including phenoxy) is 2. The van der Waals surface area contributed by atoms with Gasteiger partial charge in [-0.2, -0.15) is 0 Å². The van der Waals surface area contributed by atoms with Crippen LogP contribution in [0.1, 0.15) is 18.5 Å². The quantitative estimate of drug-likeness (QED) is 0.822. The maximum absolute atomic E-state index is 12.6. The van der Waals surface area contributed by atoms with Crippen molar-refractivity contribution in [3.8, 4) is 0 Å². The van der Waals surface area contributed by atoms with E-state index in [4.69, 9.17) is 9.47 Å². The van der Waals surface area contributed by atoms with Crippen molar-refractivity contribution in [2.24, 2.45) is 11.8 Å². The van der Waals surface area contributed by atoms with E-state index >= 15 is 0 Å². The third-order valence-corrected chi connectivity index (χ3v) is 4.97. The molecule has 5 nitrogen and oxygen atoms in total. The molecule has 5 heteroatoms. The molecule has 22 heavy (non-hydrogen) atoms. The van der Waals surface area contributed by atoms with Crippen molar-refractivity contribution in [3.63, 3.8) is 0 Å². The van der Waals surface area contributed by atoms with E-state index < -0.39 is 0 Å². The minimum Gasteiger partial charge on any atom is -0.379 e. The topological polar surface area (TPSA) is 51.7 Å². The van der Waals surface area contributed by atoms with Crippen LogP contribution in [0.2, 0.25) is 0 Å². The second-order valence-corrected chi connectivity index (χ2v) is 6.63. The van der Waals surface area contributed by atoms with Crippen LogP contribution >= 0.6 is 0 Å². The van der Waals surface area contributed by atoms with Crippen molar-refractivity contribution in [1.29, 1.82) is 0 Å². The van der Waals surface area contributed by atoms with Gasteiger partial charge in [-0.25, -0.2) is 0 Å². The minimum absolute atomic E-state index is 0.136. The van der Waals surface area contributed by atoms with Crippen LogP contribution in [-0.4, -0.2) is 54.3 Å². The summed E-state index contributed by atoms with van der Waals surface area (Å²) in [4.78, 5) is 18.8. The van der Waals surface area contributed by atoms with Crippen LogP contribution in [-0.2, 0) is 20.7 Å². The fraction of sp³-hybridized carbons (Fsp3) is 0.647.